The van der Waals surface area contributed by atoms with Crippen molar-refractivity contribution in [3.05, 3.63) is 29.8 Å². The van der Waals surface area contributed by atoms with Gasteiger partial charge in [-0.15, -0.1) is 12.6 Å². The molecule has 0 radical (unpaired) electrons. The third-order valence-corrected chi connectivity index (χ3v) is 2.94. The van der Waals surface area contributed by atoms with Crippen LogP contribution in [0.15, 0.2) is 29.2 Å². The van der Waals surface area contributed by atoms with Crippen LogP contribution >= 0.6 is 12.6 Å². The molecule has 1 aromatic rings. The van der Waals surface area contributed by atoms with Crippen molar-refractivity contribution < 1.29 is 9.53 Å². The SMILES string of the molecule is COCCN(C(=O)c1ccccc1S)C(C)C. The van der Waals surface area contributed by atoms with Crippen LogP contribution in [0.2, 0.25) is 0 Å². The Balaban J connectivity index is 2.88. The number of hydrogen-bond donors (Lipinski definition) is 1. The fourth-order valence-electron chi connectivity index (χ4n) is 1.59. The molecule has 0 bridgehead atoms. The minimum absolute atomic E-state index is 0.00245. The highest BCUT2D eigenvalue weighted by Gasteiger charge is 2.19. The Morgan fingerprint density at radius 1 is 1.41 bits per heavy atom. The summed E-state index contributed by atoms with van der Waals surface area (Å²) in [6.07, 6.45) is 0. The summed E-state index contributed by atoms with van der Waals surface area (Å²) in [7, 11) is 1.63. The van der Waals surface area contributed by atoms with E-state index in [4.69, 9.17) is 4.74 Å². The Kier molecular flexibility index (Phi) is 5.51. The van der Waals surface area contributed by atoms with Gasteiger partial charge in [0.05, 0.1) is 12.2 Å². The standard InChI is InChI=1S/C13H19NO2S/c1-10(2)14(8-9-16-3)13(15)11-6-4-5-7-12(11)17/h4-7,10,17H,8-9H2,1-3H3. The Morgan fingerprint density at radius 3 is 2.59 bits per heavy atom. The van der Waals surface area contributed by atoms with Crippen LogP contribution in [0.25, 0.3) is 0 Å². The molecule has 0 heterocycles. The zero-order valence-electron chi connectivity index (χ0n) is 10.5. The Hall–Kier alpha value is -1.00. The maximum atomic E-state index is 12.3. The van der Waals surface area contributed by atoms with Gasteiger partial charge in [-0.1, -0.05) is 12.1 Å². The van der Waals surface area contributed by atoms with Crippen LogP contribution in [-0.2, 0) is 4.74 Å². The third-order valence-electron chi connectivity index (χ3n) is 2.55. The first kappa shape index (κ1) is 14.1. The molecule has 0 aliphatic rings. The van der Waals surface area contributed by atoms with E-state index in [-0.39, 0.29) is 11.9 Å². The number of hydrogen-bond acceptors (Lipinski definition) is 3. The monoisotopic (exact) mass is 253 g/mol. The van der Waals surface area contributed by atoms with E-state index in [9.17, 15) is 4.79 Å². The molecule has 0 saturated carbocycles. The van der Waals surface area contributed by atoms with Gasteiger partial charge in [0.15, 0.2) is 0 Å². The number of carbonyl (C=O) groups excluding carboxylic acids is 1. The van der Waals surface area contributed by atoms with Crippen LogP contribution in [-0.4, -0.2) is 37.1 Å². The third kappa shape index (κ3) is 3.75. The highest BCUT2D eigenvalue weighted by Crippen LogP contribution is 2.16. The van der Waals surface area contributed by atoms with Crippen LogP contribution in [0.4, 0.5) is 0 Å². The Bertz CT molecular complexity index is 379. The summed E-state index contributed by atoms with van der Waals surface area (Å²) in [5.41, 5.74) is 0.639. The molecular weight excluding hydrogens is 234 g/mol. The molecule has 0 aliphatic heterocycles. The van der Waals surface area contributed by atoms with Gasteiger partial charge in [-0.3, -0.25) is 4.79 Å². The van der Waals surface area contributed by atoms with E-state index in [1.54, 1.807) is 18.1 Å². The molecule has 0 saturated heterocycles. The Morgan fingerprint density at radius 2 is 2.06 bits per heavy atom. The van der Waals surface area contributed by atoms with E-state index in [1.165, 1.54) is 0 Å². The lowest BCUT2D eigenvalue weighted by Crippen LogP contribution is -2.39. The molecule has 4 heteroatoms. The normalized spacial score (nSPS) is 10.6. The molecule has 1 aromatic carbocycles. The van der Waals surface area contributed by atoms with Crippen molar-refractivity contribution >= 4 is 18.5 Å². The lowest BCUT2D eigenvalue weighted by atomic mass is 10.1. The largest absolute Gasteiger partial charge is 0.383 e. The summed E-state index contributed by atoms with van der Waals surface area (Å²) < 4.78 is 5.03. The van der Waals surface area contributed by atoms with Crippen molar-refractivity contribution in [2.45, 2.75) is 24.8 Å². The molecule has 0 aromatic heterocycles. The quantitative estimate of drug-likeness (QED) is 0.817. The second-order valence-electron chi connectivity index (χ2n) is 4.10. The van der Waals surface area contributed by atoms with Crippen molar-refractivity contribution in [2.24, 2.45) is 0 Å². The average Bonchev–Trinajstić information content (AvgIpc) is 2.29. The fraction of sp³-hybridized carbons (Fsp3) is 0.462. The van der Waals surface area contributed by atoms with Crippen LogP contribution in [0.3, 0.4) is 0 Å². The maximum Gasteiger partial charge on any atom is 0.255 e. The molecular formula is C13H19NO2S. The second kappa shape index (κ2) is 6.67. The minimum Gasteiger partial charge on any atom is -0.383 e. The number of rotatable bonds is 5. The molecule has 3 nitrogen and oxygen atoms in total. The lowest BCUT2D eigenvalue weighted by molar-refractivity contribution is 0.0631. The number of nitrogens with zero attached hydrogens (tertiary/aromatic N) is 1. The maximum absolute atomic E-state index is 12.3. The van der Waals surface area contributed by atoms with Gasteiger partial charge < -0.3 is 9.64 Å². The van der Waals surface area contributed by atoms with E-state index in [0.717, 1.165) is 0 Å². The summed E-state index contributed by atoms with van der Waals surface area (Å²) in [5, 5.41) is 0. The first-order chi connectivity index (χ1) is 8.07. The first-order valence-corrected chi connectivity index (χ1v) is 6.10. The van der Waals surface area contributed by atoms with Crippen molar-refractivity contribution in [1.29, 1.82) is 0 Å². The fourth-order valence-corrected chi connectivity index (χ4v) is 1.85. The summed E-state index contributed by atoms with van der Waals surface area (Å²) in [6, 6.07) is 7.49. The van der Waals surface area contributed by atoms with Gasteiger partial charge in [-0.05, 0) is 26.0 Å². The van der Waals surface area contributed by atoms with Crippen molar-refractivity contribution in [3.8, 4) is 0 Å². The van der Waals surface area contributed by atoms with Gasteiger partial charge in [0.25, 0.3) is 5.91 Å². The summed E-state index contributed by atoms with van der Waals surface area (Å²) in [5.74, 6) is 0.00245. The highest BCUT2D eigenvalue weighted by atomic mass is 32.1. The molecule has 0 aliphatic carbocycles. The first-order valence-electron chi connectivity index (χ1n) is 5.65. The molecule has 0 N–H and O–H groups in total. The van der Waals surface area contributed by atoms with Crippen LogP contribution in [0, 0.1) is 0 Å². The predicted molar refractivity (Wildman–Crippen MR) is 71.7 cm³/mol. The molecule has 94 valence electrons. The zero-order chi connectivity index (χ0) is 12.8. The number of methoxy groups -OCH3 is 1. The van der Waals surface area contributed by atoms with Crippen LogP contribution < -0.4 is 0 Å². The van der Waals surface area contributed by atoms with Gasteiger partial charge >= 0.3 is 0 Å². The Labute approximate surface area is 108 Å². The second-order valence-corrected chi connectivity index (χ2v) is 4.58. The lowest BCUT2D eigenvalue weighted by Gasteiger charge is -2.27. The van der Waals surface area contributed by atoms with Gasteiger partial charge in [-0.25, -0.2) is 0 Å². The number of ether oxygens (including phenoxy) is 1. The summed E-state index contributed by atoms with van der Waals surface area (Å²) in [6.45, 7) is 5.12. The molecule has 0 unspecified atom stereocenters. The summed E-state index contributed by atoms with van der Waals surface area (Å²) in [4.78, 5) is 14.8. The van der Waals surface area contributed by atoms with Crippen molar-refractivity contribution in [3.63, 3.8) is 0 Å². The van der Waals surface area contributed by atoms with Crippen molar-refractivity contribution in [1.82, 2.24) is 4.90 Å². The van der Waals surface area contributed by atoms with E-state index in [1.807, 2.05) is 32.0 Å². The summed E-state index contributed by atoms with van der Waals surface area (Å²) >= 11 is 4.31. The minimum atomic E-state index is 0.00245. The van der Waals surface area contributed by atoms with E-state index in [2.05, 4.69) is 12.6 Å². The molecule has 1 amide bonds. The van der Waals surface area contributed by atoms with Gasteiger partial charge in [0.1, 0.15) is 0 Å². The zero-order valence-corrected chi connectivity index (χ0v) is 11.4. The number of carbonyl (C=O) groups is 1. The molecule has 17 heavy (non-hydrogen) atoms. The molecule has 0 spiro atoms. The highest BCUT2D eigenvalue weighted by molar-refractivity contribution is 7.80. The number of amides is 1. The van der Waals surface area contributed by atoms with Crippen molar-refractivity contribution in [2.75, 3.05) is 20.3 Å². The van der Waals surface area contributed by atoms with E-state index < -0.39 is 0 Å². The average molecular weight is 253 g/mol. The molecule has 1 rings (SSSR count). The van der Waals surface area contributed by atoms with E-state index >= 15 is 0 Å². The number of benzene rings is 1. The predicted octanol–water partition coefficient (Wildman–Crippen LogP) is 2.47. The topological polar surface area (TPSA) is 29.5 Å². The van der Waals surface area contributed by atoms with Gasteiger partial charge in [-0.2, -0.15) is 0 Å². The smallest absolute Gasteiger partial charge is 0.255 e. The molecule has 0 atom stereocenters. The number of thiol groups is 1. The van der Waals surface area contributed by atoms with Crippen LogP contribution in [0.5, 0.6) is 0 Å². The van der Waals surface area contributed by atoms with Gasteiger partial charge in [0.2, 0.25) is 0 Å². The van der Waals surface area contributed by atoms with Gasteiger partial charge in [0, 0.05) is 24.6 Å². The van der Waals surface area contributed by atoms with Crippen LogP contribution in [0.1, 0.15) is 24.2 Å². The van der Waals surface area contributed by atoms with E-state index in [0.29, 0.717) is 23.6 Å². The molecule has 0 fully saturated rings.